The van der Waals surface area contributed by atoms with Gasteiger partial charge in [0.2, 0.25) is 0 Å². The molecule has 0 aromatic rings. The van der Waals surface area contributed by atoms with Gasteiger partial charge in [0.25, 0.3) is 0 Å². The first-order chi connectivity index (χ1) is 6.29. The van der Waals surface area contributed by atoms with Crippen molar-refractivity contribution in [3.63, 3.8) is 0 Å². The molecular weight excluding hydrogens is 219 g/mol. The number of hydrogen-bond donors (Lipinski definition) is 1. The molecule has 1 rings (SSSR count). The number of nitrogens with two attached hydrogens (primary N) is 1. The molecule has 1 saturated heterocycles. The van der Waals surface area contributed by atoms with Gasteiger partial charge < -0.3 is 10.5 Å². The number of hydrogen-bond acceptors (Lipinski definition) is 4. The third-order valence-corrected chi connectivity index (χ3v) is 3.57. The molecule has 2 N–H and O–H groups in total. The van der Waals surface area contributed by atoms with Gasteiger partial charge >= 0.3 is 12.1 Å². The average Bonchev–Trinajstić information content (AvgIpc) is 2.47. The molecule has 0 aromatic carbocycles. The minimum atomic E-state index is -4.31. The maximum absolute atomic E-state index is 12.2. The Morgan fingerprint density at radius 1 is 1.64 bits per heavy atom. The van der Waals surface area contributed by atoms with Gasteiger partial charge in [-0.15, -0.1) is 11.8 Å². The predicted molar refractivity (Wildman–Crippen MR) is 45.9 cm³/mol. The van der Waals surface area contributed by atoms with Gasteiger partial charge in [-0.3, -0.25) is 4.79 Å². The predicted octanol–water partition coefficient (Wildman–Crippen LogP) is 0.925. The first kappa shape index (κ1) is 11.6. The Labute approximate surface area is 83.2 Å². The largest absolute Gasteiger partial charge is 0.468 e. The lowest BCUT2D eigenvalue weighted by atomic mass is 9.97. The van der Waals surface area contributed by atoms with Gasteiger partial charge in [-0.05, 0) is 6.42 Å². The summed E-state index contributed by atoms with van der Waals surface area (Å²) in [6, 6.07) is 0. The standard InChI is InChI=1S/C7H10F3NO2S/c1-13-5(12)6(11)2-4(14-3-6)7(8,9)10/h4H,2-3,11H2,1H3/t4-,6-/m1/s1. The smallest absolute Gasteiger partial charge is 0.400 e. The van der Waals surface area contributed by atoms with Crippen LogP contribution in [0.25, 0.3) is 0 Å². The lowest BCUT2D eigenvalue weighted by Crippen LogP contribution is -2.49. The first-order valence-corrected chi connectivity index (χ1v) is 4.90. The highest BCUT2D eigenvalue weighted by Crippen LogP contribution is 2.42. The van der Waals surface area contributed by atoms with E-state index in [1.54, 1.807) is 0 Å². The summed E-state index contributed by atoms with van der Waals surface area (Å²) in [6.45, 7) is 0. The number of rotatable bonds is 1. The molecule has 3 nitrogen and oxygen atoms in total. The van der Waals surface area contributed by atoms with Gasteiger partial charge in [-0.1, -0.05) is 0 Å². The van der Waals surface area contributed by atoms with Crippen molar-refractivity contribution >= 4 is 17.7 Å². The van der Waals surface area contributed by atoms with E-state index in [2.05, 4.69) is 4.74 Å². The summed E-state index contributed by atoms with van der Waals surface area (Å²) in [5.74, 6) is -0.833. The molecule has 7 heteroatoms. The molecule has 1 aliphatic rings. The van der Waals surface area contributed by atoms with Crippen LogP contribution in [0.5, 0.6) is 0 Å². The van der Waals surface area contributed by atoms with E-state index >= 15 is 0 Å². The molecule has 1 fully saturated rings. The van der Waals surface area contributed by atoms with Crippen molar-refractivity contribution in [2.75, 3.05) is 12.9 Å². The molecule has 1 heterocycles. The van der Waals surface area contributed by atoms with Gasteiger partial charge in [-0.2, -0.15) is 13.2 Å². The zero-order valence-corrected chi connectivity index (χ0v) is 8.24. The third-order valence-electron chi connectivity index (χ3n) is 2.05. The van der Waals surface area contributed by atoms with Crippen molar-refractivity contribution < 1.29 is 22.7 Å². The minimum absolute atomic E-state index is 0.0517. The zero-order valence-electron chi connectivity index (χ0n) is 7.43. The Morgan fingerprint density at radius 3 is 2.57 bits per heavy atom. The van der Waals surface area contributed by atoms with Gasteiger partial charge in [0.05, 0.1) is 7.11 Å². The Morgan fingerprint density at radius 2 is 2.21 bits per heavy atom. The van der Waals surface area contributed by atoms with E-state index in [1.165, 1.54) is 0 Å². The Balaban J connectivity index is 2.69. The number of halogens is 3. The number of carbonyl (C=O) groups is 1. The second-order valence-electron chi connectivity index (χ2n) is 3.19. The molecule has 14 heavy (non-hydrogen) atoms. The van der Waals surface area contributed by atoms with Crippen molar-refractivity contribution in [3.05, 3.63) is 0 Å². The highest BCUT2D eigenvalue weighted by molar-refractivity contribution is 8.00. The molecule has 0 spiro atoms. The number of alkyl halides is 3. The van der Waals surface area contributed by atoms with Crippen LogP contribution in [0.2, 0.25) is 0 Å². The average molecular weight is 229 g/mol. The number of methoxy groups -OCH3 is 1. The lowest BCUT2D eigenvalue weighted by molar-refractivity contribution is -0.149. The van der Waals surface area contributed by atoms with Crippen LogP contribution in [0.15, 0.2) is 0 Å². The second kappa shape index (κ2) is 3.62. The summed E-state index contributed by atoms with van der Waals surface area (Å²) in [5.41, 5.74) is 4.02. The van der Waals surface area contributed by atoms with Gasteiger partial charge in [0.1, 0.15) is 10.8 Å². The van der Waals surface area contributed by atoms with Crippen LogP contribution in [0.3, 0.4) is 0 Å². The topological polar surface area (TPSA) is 52.3 Å². The second-order valence-corrected chi connectivity index (χ2v) is 4.38. The fourth-order valence-electron chi connectivity index (χ4n) is 1.25. The van der Waals surface area contributed by atoms with Crippen LogP contribution < -0.4 is 5.73 Å². The number of ether oxygens (including phenoxy) is 1. The molecule has 0 aromatic heterocycles. The first-order valence-electron chi connectivity index (χ1n) is 3.85. The summed E-state index contributed by atoms with van der Waals surface area (Å²) in [7, 11) is 1.11. The van der Waals surface area contributed by atoms with E-state index in [9.17, 15) is 18.0 Å². The van der Waals surface area contributed by atoms with E-state index < -0.39 is 29.4 Å². The van der Waals surface area contributed by atoms with E-state index in [4.69, 9.17) is 5.73 Å². The maximum atomic E-state index is 12.2. The molecule has 0 amide bonds. The molecule has 82 valence electrons. The van der Waals surface area contributed by atoms with E-state index in [1.807, 2.05) is 0 Å². The van der Waals surface area contributed by atoms with Gasteiger partial charge in [0, 0.05) is 5.75 Å². The van der Waals surface area contributed by atoms with E-state index in [0.29, 0.717) is 11.8 Å². The molecule has 2 atom stereocenters. The fraction of sp³-hybridized carbons (Fsp3) is 0.857. The number of thioether (sulfide) groups is 1. The summed E-state index contributed by atoms with van der Waals surface area (Å²) in [6.07, 6.45) is -4.71. The van der Waals surface area contributed by atoms with Crippen molar-refractivity contribution in [2.24, 2.45) is 5.73 Å². The number of carbonyl (C=O) groups excluding carboxylic acids is 1. The highest BCUT2D eigenvalue weighted by atomic mass is 32.2. The van der Waals surface area contributed by atoms with Crippen LogP contribution in [-0.4, -0.2) is 35.8 Å². The molecule has 0 unspecified atom stereocenters. The maximum Gasteiger partial charge on any atom is 0.400 e. The summed E-state index contributed by atoms with van der Waals surface area (Å²) >= 11 is 0.649. The third kappa shape index (κ3) is 2.14. The van der Waals surface area contributed by atoms with E-state index in [0.717, 1.165) is 7.11 Å². The Kier molecular flexibility index (Phi) is 3.01. The van der Waals surface area contributed by atoms with Crippen molar-refractivity contribution in [1.82, 2.24) is 0 Å². The normalized spacial score (nSPS) is 33.1. The molecule has 0 aliphatic carbocycles. The number of esters is 1. The summed E-state index contributed by atoms with van der Waals surface area (Å²) in [4.78, 5) is 11.1. The summed E-state index contributed by atoms with van der Waals surface area (Å²) in [5, 5.41) is -1.56. The molecule has 0 bridgehead atoms. The van der Waals surface area contributed by atoms with E-state index in [-0.39, 0.29) is 5.75 Å². The Bertz CT molecular complexity index is 246. The van der Waals surface area contributed by atoms with Gasteiger partial charge in [-0.25, -0.2) is 0 Å². The SMILES string of the molecule is COC(=O)[C@]1(N)CS[C@@H](C(F)(F)F)C1. The van der Waals surface area contributed by atoms with Crippen molar-refractivity contribution in [2.45, 2.75) is 23.4 Å². The minimum Gasteiger partial charge on any atom is -0.468 e. The fourth-order valence-corrected chi connectivity index (χ4v) is 2.59. The van der Waals surface area contributed by atoms with Crippen LogP contribution in [0.4, 0.5) is 13.2 Å². The summed E-state index contributed by atoms with van der Waals surface area (Å²) < 4.78 is 41.1. The zero-order chi connectivity index (χ0) is 11.0. The van der Waals surface area contributed by atoms with Gasteiger partial charge in [0.15, 0.2) is 0 Å². The van der Waals surface area contributed by atoms with Crippen LogP contribution in [0.1, 0.15) is 6.42 Å². The monoisotopic (exact) mass is 229 g/mol. The lowest BCUT2D eigenvalue weighted by Gasteiger charge is -2.20. The van der Waals surface area contributed by atoms with Crippen LogP contribution >= 0.6 is 11.8 Å². The molecule has 0 radical (unpaired) electrons. The molecule has 0 saturated carbocycles. The highest BCUT2D eigenvalue weighted by Gasteiger charge is 2.53. The Hall–Kier alpha value is -0.430. The molecule has 1 aliphatic heterocycles. The van der Waals surface area contributed by atoms with Crippen molar-refractivity contribution in [1.29, 1.82) is 0 Å². The van der Waals surface area contributed by atoms with Crippen molar-refractivity contribution in [3.8, 4) is 0 Å². The quantitative estimate of drug-likeness (QED) is 0.679. The van der Waals surface area contributed by atoms with Crippen LogP contribution in [0, 0.1) is 0 Å². The van der Waals surface area contributed by atoms with Crippen LogP contribution in [-0.2, 0) is 9.53 Å². The molecular formula is C7H10F3NO2S.